The van der Waals surface area contributed by atoms with E-state index in [0.717, 1.165) is 11.3 Å². The Morgan fingerprint density at radius 1 is 1.10 bits per heavy atom. The molecule has 0 heterocycles. The summed E-state index contributed by atoms with van der Waals surface area (Å²) in [6.07, 6.45) is 6.80. The zero-order valence-corrected chi connectivity index (χ0v) is 12.7. The first kappa shape index (κ1) is 14.7. The maximum Gasteiger partial charge on any atom is 0.0989 e. The first-order chi connectivity index (χ1) is 9.50. The lowest BCUT2D eigenvalue weighted by Crippen LogP contribution is -2.04. The molecule has 0 bridgehead atoms. The Labute approximate surface area is 121 Å². The third kappa shape index (κ3) is 3.07. The Morgan fingerprint density at radius 3 is 2.15 bits per heavy atom. The van der Waals surface area contributed by atoms with E-state index in [1.54, 1.807) is 12.3 Å². The topological polar surface area (TPSA) is 32.6 Å². The van der Waals surface area contributed by atoms with Crippen LogP contribution < -0.4 is 0 Å². The predicted octanol–water partition coefficient (Wildman–Crippen LogP) is 4.49. The first-order valence-corrected chi connectivity index (χ1v) is 7.24. The van der Waals surface area contributed by atoms with Gasteiger partial charge in [-0.25, -0.2) is 0 Å². The van der Waals surface area contributed by atoms with Crippen LogP contribution in [0.2, 0.25) is 0 Å². The Bertz CT molecular complexity index is 539. The quantitative estimate of drug-likeness (QED) is 0.802. The van der Waals surface area contributed by atoms with Crippen molar-refractivity contribution in [1.82, 2.24) is 0 Å². The number of nitrogens with zero attached hydrogens (tertiary/aromatic N) is 1. The van der Waals surface area contributed by atoms with Crippen LogP contribution in [0.1, 0.15) is 50.7 Å². The molecule has 0 amide bonds. The molecule has 0 aromatic heterocycles. The van der Waals surface area contributed by atoms with E-state index in [4.69, 9.17) is 0 Å². The Kier molecular flexibility index (Phi) is 4.56. The second-order valence-electron chi connectivity index (χ2n) is 5.85. The number of benzene rings is 1. The fraction of sp³-hybridized carbons (Fsp3) is 0.389. The summed E-state index contributed by atoms with van der Waals surface area (Å²) >= 11 is 0. The van der Waals surface area contributed by atoms with Gasteiger partial charge in [0.25, 0.3) is 0 Å². The molecule has 0 aliphatic heterocycles. The van der Waals surface area contributed by atoms with Gasteiger partial charge >= 0.3 is 0 Å². The van der Waals surface area contributed by atoms with Gasteiger partial charge in [-0.15, -0.1) is 0 Å². The summed E-state index contributed by atoms with van der Waals surface area (Å²) < 4.78 is 0. The van der Waals surface area contributed by atoms with Crippen molar-refractivity contribution in [2.75, 3.05) is 0 Å². The van der Waals surface area contributed by atoms with Gasteiger partial charge in [-0.1, -0.05) is 64.1 Å². The van der Waals surface area contributed by atoms with Crippen LogP contribution in [-0.4, -0.2) is 17.4 Å². The van der Waals surface area contributed by atoms with E-state index in [1.165, 1.54) is 11.1 Å². The molecular formula is C18H23NO. The van der Waals surface area contributed by atoms with Gasteiger partial charge in [0, 0.05) is 11.8 Å². The minimum absolute atomic E-state index is 0.432. The molecule has 2 nitrogen and oxygen atoms in total. The monoisotopic (exact) mass is 269 g/mol. The molecule has 1 atom stereocenters. The Morgan fingerprint density at radius 2 is 1.70 bits per heavy atom. The summed E-state index contributed by atoms with van der Waals surface area (Å²) in [6.45, 7) is 8.74. The van der Waals surface area contributed by atoms with Crippen LogP contribution in [0.4, 0.5) is 5.69 Å². The number of aliphatic hydroxyl groups excluding tert-OH is 1. The SMILES string of the molecule is CC(C)c1cccc(C(C)C)c1N=CC1=CC=CC1O. The maximum absolute atomic E-state index is 9.78. The van der Waals surface area contributed by atoms with Crippen molar-refractivity contribution in [3.63, 3.8) is 0 Å². The van der Waals surface area contributed by atoms with E-state index in [9.17, 15) is 5.11 Å². The van der Waals surface area contributed by atoms with E-state index in [2.05, 4.69) is 50.9 Å². The molecule has 0 fully saturated rings. The third-order valence-corrected chi connectivity index (χ3v) is 3.61. The number of aliphatic imine (C=N–C) groups is 1. The molecule has 0 saturated carbocycles. The van der Waals surface area contributed by atoms with Gasteiger partial charge in [0.2, 0.25) is 0 Å². The van der Waals surface area contributed by atoms with Gasteiger partial charge in [0.1, 0.15) is 0 Å². The zero-order valence-electron chi connectivity index (χ0n) is 12.7. The van der Waals surface area contributed by atoms with Crippen molar-refractivity contribution >= 4 is 11.9 Å². The van der Waals surface area contributed by atoms with Gasteiger partial charge in [0.15, 0.2) is 0 Å². The minimum Gasteiger partial charge on any atom is -0.384 e. The van der Waals surface area contributed by atoms with Crippen LogP contribution in [0, 0.1) is 0 Å². The summed E-state index contributed by atoms with van der Waals surface area (Å²) in [6, 6.07) is 6.39. The van der Waals surface area contributed by atoms with E-state index >= 15 is 0 Å². The molecule has 1 aliphatic rings. The lowest BCUT2D eigenvalue weighted by Gasteiger charge is -2.16. The third-order valence-electron chi connectivity index (χ3n) is 3.61. The molecule has 1 aliphatic carbocycles. The summed E-state index contributed by atoms with van der Waals surface area (Å²) in [5, 5.41) is 9.78. The number of hydrogen-bond donors (Lipinski definition) is 1. The average molecular weight is 269 g/mol. The van der Waals surface area contributed by atoms with E-state index < -0.39 is 6.10 Å². The standard InChI is InChI=1S/C18H23NO/c1-12(2)15-8-6-9-16(13(3)4)18(15)19-11-14-7-5-10-17(14)20/h5-13,17,20H,1-4H3. The smallest absolute Gasteiger partial charge is 0.0989 e. The highest BCUT2D eigenvalue weighted by Crippen LogP contribution is 2.34. The molecule has 2 rings (SSSR count). The molecule has 1 aromatic rings. The van der Waals surface area contributed by atoms with Gasteiger partial charge < -0.3 is 5.11 Å². The fourth-order valence-electron chi connectivity index (χ4n) is 2.40. The van der Waals surface area contributed by atoms with Crippen molar-refractivity contribution in [2.24, 2.45) is 4.99 Å². The van der Waals surface area contributed by atoms with Crippen molar-refractivity contribution in [3.8, 4) is 0 Å². The molecular weight excluding hydrogens is 246 g/mol. The van der Waals surface area contributed by atoms with Crippen molar-refractivity contribution in [2.45, 2.75) is 45.6 Å². The van der Waals surface area contributed by atoms with Crippen LogP contribution in [0.25, 0.3) is 0 Å². The zero-order chi connectivity index (χ0) is 14.7. The molecule has 106 valence electrons. The molecule has 1 aromatic carbocycles. The summed E-state index contributed by atoms with van der Waals surface area (Å²) in [5.41, 5.74) is 4.41. The minimum atomic E-state index is -0.521. The summed E-state index contributed by atoms with van der Waals surface area (Å²) in [4.78, 5) is 4.69. The average Bonchev–Trinajstić information content (AvgIpc) is 2.81. The Hall–Kier alpha value is -1.67. The van der Waals surface area contributed by atoms with Gasteiger partial charge in [-0.2, -0.15) is 0 Å². The van der Waals surface area contributed by atoms with Crippen LogP contribution >= 0.6 is 0 Å². The molecule has 0 radical (unpaired) electrons. The molecule has 0 spiro atoms. The largest absolute Gasteiger partial charge is 0.384 e. The van der Waals surface area contributed by atoms with Gasteiger partial charge in [-0.05, 0) is 23.0 Å². The Balaban J connectivity index is 2.41. The highest BCUT2D eigenvalue weighted by Gasteiger charge is 2.14. The molecule has 0 saturated heterocycles. The fourth-order valence-corrected chi connectivity index (χ4v) is 2.40. The second kappa shape index (κ2) is 6.19. The van der Waals surface area contributed by atoms with Crippen LogP contribution in [0.5, 0.6) is 0 Å². The van der Waals surface area contributed by atoms with Gasteiger partial charge in [0.05, 0.1) is 11.8 Å². The second-order valence-corrected chi connectivity index (χ2v) is 5.85. The number of hydrogen-bond acceptors (Lipinski definition) is 2. The van der Waals surface area contributed by atoms with E-state index in [0.29, 0.717) is 11.8 Å². The summed E-state index contributed by atoms with van der Waals surface area (Å²) in [5.74, 6) is 0.864. The molecule has 2 heteroatoms. The predicted molar refractivity (Wildman–Crippen MR) is 86.0 cm³/mol. The normalized spacial score (nSPS) is 18.6. The number of rotatable bonds is 4. The highest BCUT2D eigenvalue weighted by molar-refractivity contribution is 5.85. The van der Waals surface area contributed by atoms with Crippen LogP contribution in [0.15, 0.2) is 47.0 Å². The van der Waals surface area contributed by atoms with Crippen molar-refractivity contribution in [1.29, 1.82) is 0 Å². The number of allylic oxidation sites excluding steroid dienone is 2. The van der Waals surface area contributed by atoms with E-state index in [-0.39, 0.29) is 0 Å². The lowest BCUT2D eigenvalue weighted by atomic mass is 9.93. The summed E-state index contributed by atoms with van der Waals surface area (Å²) in [7, 11) is 0. The number of aliphatic hydroxyl groups is 1. The molecule has 1 unspecified atom stereocenters. The molecule has 20 heavy (non-hydrogen) atoms. The maximum atomic E-state index is 9.78. The first-order valence-electron chi connectivity index (χ1n) is 7.24. The number of para-hydroxylation sites is 1. The lowest BCUT2D eigenvalue weighted by molar-refractivity contribution is 0.268. The van der Waals surface area contributed by atoms with Crippen molar-refractivity contribution < 1.29 is 5.11 Å². The molecule has 1 N–H and O–H groups in total. The van der Waals surface area contributed by atoms with Gasteiger partial charge in [-0.3, -0.25) is 4.99 Å². The van der Waals surface area contributed by atoms with E-state index in [1.807, 2.05) is 12.2 Å². The van der Waals surface area contributed by atoms with Crippen LogP contribution in [0.3, 0.4) is 0 Å². The van der Waals surface area contributed by atoms with Crippen LogP contribution in [-0.2, 0) is 0 Å². The highest BCUT2D eigenvalue weighted by atomic mass is 16.3. The van der Waals surface area contributed by atoms with Crippen molar-refractivity contribution in [3.05, 3.63) is 53.1 Å².